The molecule has 18 heavy (non-hydrogen) atoms. The minimum atomic E-state index is -0.334. The third kappa shape index (κ3) is 2.71. The molecule has 0 fully saturated rings. The summed E-state index contributed by atoms with van der Waals surface area (Å²) in [6.07, 6.45) is 0. The standard InChI is InChI=1S/C14H14FNO2/c1-9-2-5-12(15)13(6-9)16-8-10-3-4-11(17)7-14(10)18/h2-7,16-18H,8H2,1H3. The maximum atomic E-state index is 13.5. The number of phenolic OH excluding ortho intramolecular Hbond substituents is 2. The summed E-state index contributed by atoms with van der Waals surface area (Å²) in [4.78, 5) is 0. The Hall–Kier alpha value is -2.23. The van der Waals surface area contributed by atoms with Gasteiger partial charge in [-0.05, 0) is 36.8 Å². The molecule has 0 aromatic heterocycles. The van der Waals surface area contributed by atoms with Gasteiger partial charge in [0.15, 0.2) is 0 Å². The Bertz CT molecular complexity index is 570. The molecule has 0 aliphatic carbocycles. The Balaban J connectivity index is 2.13. The Morgan fingerprint density at radius 2 is 1.89 bits per heavy atom. The highest BCUT2D eigenvalue weighted by molar-refractivity contribution is 5.49. The van der Waals surface area contributed by atoms with Crippen molar-refractivity contribution in [1.29, 1.82) is 0 Å². The number of phenols is 2. The van der Waals surface area contributed by atoms with Crippen LogP contribution in [-0.2, 0) is 6.54 Å². The van der Waals surface area contributed by atoms with Gasteiger partial charge < -0.3 is 15.5 Å². The molecule has 0 spiro atoms. The van der Waals surface area contributed by atoms with Gasteiger partial charge in [0.1, 0.15) is 17.3 Å². The summed E-state index contributed by atoms with van der Waals surface area (Å²) >= 11 is 0. The van der Waals surface area contributed by atoms with E-state index in [1.807, 2.05) is 6.92 Å². The molecular formula is C14H14FNO2. The van der Waals surface area contributed by atoms with Gasteiger partial charge in [0.25, 0.3) is 0 Å². The van der Waals surface area contributed by atoms with E-state index in [4.69, 9.17) is 5.11 Å². The molecule has 0 aliphatic rings. The minimum Gasteiger partial charge on any atom is -0.508 e. The first-order chi connectivity index (χ1) is 8.56. The maximum absolute atomic E-state index is 13.5. The van der Waals surface area contributed by atoms with E-state index in [1.165, 1.54) is 18.2 Å². The number of nitrogens with one attached hydrogen (secondary N) is 1. The Morgan fingerprint density at radius 1 is 1.11 bits per heavy atom. The molecule has 0 saturated heterocycles. The normalized spacial score (nSPS) is 10.3. The molecule has 0 unspecified atom stereocenters. The summed E-state index contributed by atoms with van der Waals surface area (Å²) in [6, 6.07) is 9.11. The minimum absolute atomic E-state index is 0.00186. The summed E-state index contributed by atoms with van der Waals surface area (Å²) < 4.78 is 13.5. The molecule has 0 saturated carbocycles. The van der Waals surface area contributed by atoms with Crippen molar-refractivity contribution < 1.29 is 14.6 Å². The zero-order valence-corrected chi connectivity index (χ0v) is 9.94. The third-order valence-electron chi connectivity index (χ3n) is 2.66. The van der Waals surface area contributed by atoms with Crippen molar-refractivity contribution in [3.63, 3.8) is 0 Å². The Kier molecular flexibility index (Phi) is 3.37. The molecule has 0 bridgehead atoms. The lowest BCUT2D eigenvalue weighted by atomic mass is 10.1. The number of hydrogen-bond donors (Lipinski definition) is 3. The van der Waals surface area contributed by atoms with E-state index in [0.29, 0.717) is 11.3 Å². The summed E-state index contributed by atoms with van der Waals surface area (Å²) in [7, 11) is 0. The molecule has 0 atom stereocenters. The maximum Gasteiger partial charge on any atom is 0.146 e. The van der Waals surface area contributed by atoms with Crippen molar-refractivity contribution in [1.82, 2.24) is 0 Å². The third-order valence-corrected chi connectivity index (χ3v) is 2.66. The number of aryl methyl sites for hydroxylation is 1. The second-order valence-electron chi connectivity index (χ2n) is 4.15. The summed E-state index contributed by atoms with van der Waals surface area (Å²) in [5.74, 6) is -0.354. The molecule has 0 heterocycles. The first-order valence-corrected chi connectivity index (χ1v) is 5.57. The fourth-order valence-electron chi connectivity index (χ4n) is 1.67. The zero-order chi connectivity index (χ0) is 13.1. The van der Waals surface area contributed by atoms with Crippen molar-refractivity contribution in [3.05, 3.63) is 53.3 Å². The summed E-state index contributed by atoms with van der Waals surface area (Å²) in [5.41, 5.74) is 1.94. The molecule has 2 aromatic carbocycles. The first kappa shape index (κ1) is 12.2. The van der Waals surface area contributed by atoms with Crippen molar-refractivity contribution in [2.45, 2.75) is 13.5 Å². The second-order valence-corrected chi connectivity index (χ2v) is 4.15. The number of halogens is 1. The van der Waals surface area contributed by atoms with Crippen LogP contribution in [0.25, 0.3) is 0 Å². The number of anilines is 1. The number of aromatic hydroxyl groups is 2. The van der Waals surface area contributed by atoms with Gasteiger partial charge in [0, 0.05) is 18.2 Å². The van der Waals surface area contributed by atoms with Crippen LogP contribution in [0, 0.1) is 12.7 Å². The molecule has 0 aliphatic heterocycles. The number of hydrogen-bond acceptors (Lipinski definition) is 3. The molecule has 3 N–H and O–H groups in total. The van der Waals surface area contributed by atoms with Crippen LogP contribution < -0.4 is 5.32 Å². The summed E-state index contributed by atoms with van der Waals surface area (Å²) in [6.45, 7) is 2.16. The Morgan fingerprint density at radius 3 is 2.61 bits per heavy atom. The molecule has 0 amide bonds. The van der Waals surface area contributed by atoms with Gasteiger partial charge in [-0.1, -0.05) is 6.07 Å². The van der Waals surface area contributed by atoms with Gasteiger partial charge >= 0.3 is 0 Å². The van der Waals surface area contributed by atoms with Gasteiger partial charge in [0.05, 0.1) is 5.69 Å². The van der Waals surface area contributed by atoms with Crippen LogP contribution in [0.1, 0.15) is 11.1 Å². The smallest absolute Gasteiger partial charge is 0.146 e. The van der Waals surface area contributed by atoms with Crippen LogP contribution in [-0.4, -0.2) is 10.2 Å². The fourth-order valence-corrected chi connectivity index (χ4v) is 1.67. The molecule has 3 nitrogen and oxygen atoms in total. The van der Waals surface area contributed by atoms with E-state index in [9.17, 15) is 9.50 Å². The van der Waals surface area contributed by atoms with E-state index in [1.54, 1.807) is 18.2 Å². The lowest BCUT2D eigenvalue weighted by Gasteiger charge is -2.10. The average molecular weight is 247 g/mol. The molecular weight excluding hydrogens is 233 g/mol. The van der Waals surface area contributed by atoms with Gasteiger partial charge in [-0.25, -0.2) is 4.39 Å². The molecule has 2 aromatic rings. The monoisotopic (exact) mass is 247 g/mol. The van der Waals surface area contributed by atoms with Crippen LogP contribution in [0.15, 0.2) is 36.4 Å². The van der Waals surface area contributed by atoms with Gasteiger partial charge in [-0.2, -0.15) is 0 Å². The highest BCUT2D eigenvalue weighted by Crippen LogP contribution is 2.24. The van der Waals surface area contributed by atoms with Crippen molar-refractivity contribution in [3.8, 4) is 11.5 Å². The van der Waals surface area contributed by atoms with Gasteiger partial charge in [-0.3, -0.25) is 0 Å². The topological polar surface area (TPSA) is 52.5 Å². The van der Waals surface area contributed by atoms with E-state index < -0.39 is 0 Å². The summed E-state index contributed by atoms with van der Waals surface area (Å²) in [5, 5.41) is 21.7. The average Bonchev–Trinajstić information content (AvgIpc) is 2.32. The van der Waals surface area contributed by atoms with Crippen LogP contribution in [0.3, 0.4) is 0 Å². The van der Waals surface area contributed by atoms with E-state index >= 15 is 0 Å². The van der Waals surface area contributed by atoms with Crippen LogP contribution >= 0.6 is 0 Å². The largest absolute Gasteiger partial charge is 0.508 e. The van der Waals surface area contributed by atoms with Crippen molar-refractivity contribution in [2.75, 3.05) is 5.32 Å². The quantitative estimate of drug-likeness (QED) is 0.781. The van der Waals surface area contributed by atoms with Gasteiger partial charge in [0.2, 0.25) is 0 Å². The van der Waals surface area contributed by atoms with Gasteiger partial charge in [-0.15, -0.1) is 0 Å². The number of rotatable bonds is 3. The van der Waals surface area contributed by atoms with Crippen molar-refractivity contribution in [2.24, 2.45) is 0 Å². The zero-order valence-electron chi connectivity index (χ0n) is 9.94. The fraction of sp³-hybridized carbons (Fsp3) is 0.143. The van der Waals surface area contributed by atoms with Crippen LogP contribution in [0.4, 0.5) is 10.1 Å². The Labute approximate surface area is 105 Å². The molecule has 94 valence electrons. The highest BCUT2D eigenvalue weighted by Gasteiger charge is 2.05. The molecule has 0 radical (unpaired) electrons. The lowest BCUT2D eigenvalue weighted by molar-refractivity contribution is 0.446. The van der Waals surface area contributed by atoms with Crippen LogP contribution in [0.5, 0.6) is 11.5 Å². The predicted octanol–water partition coefficient (Wildman–Crippen LogP) is 3.16. The first-order valence-electron chi connectivity index (χ1n) is 5.57. The molecule has 4 heteroatoms. The lowest BCUT2D eigenvalue weighted by Crippen LogP contribution is -2.02. The van der Waals surface area contributed by atoms with Crippen LogP contribution in [0.2, 0.25) is 0 Å². The number of benzene rings is 2. The molecule has 2 rings (SSSR count). The van der Waals surface area contributed by atoms with E-state index in [2.05, 4.69) is 5.32 Å². The predicted molar refractivity (Wildman–Crippen MR) is 68.2 cm³/mol. The highest BCUT2D eigenvalue weighted by atomic mass is 19.1. The van der Waals surface area contributed by atoms with E-state index in [0.717, 1.165) is 5.56 Å². The second kappa shape index (κ2) is 4.96. The van der Waals surface area contributed by atoms with E-state index in [-0.39, 0.29) is 23.9 Å². The van der Waals surface area contributed by atoms with Crippen molar-refractivity contribution >= 4 is 5.69 Å². The SMILES string of the molecule is Cc1ccc(F)c(NCc2ccc(O)cc2O)c1.